The van der Waals surface area contributed by atoms with Crippen LogP contribution < -0.4 is 11.5 Å². The highest BCUT2D eigenvalue weighted by atomic mass is 32.2. The van der Waals surface area contributed by atoms with Crippen molar-refractivity contribution in [3.05, 3.63) is 59.0 Å². The van der Waals surface area contributed by atoms with Crippen LogP contribution in [0.3, 0.4) is 0 Å². The minimum absolute atomic E-state index is 0.135. The smallest absolute Gasteiger partial charge is 0.336 e. The number of Topliss-reactive ketones (excluding diaryl/α,β-unsaturated/α-hetero) is 1. The Morgan fingerprint density at radius 2 is 1.79 bits per heavy atom. The number of hydrogen-bond donors (Lipinski definition) is 2. The van der Waals surface area contributed by atoms with Gasteiger partial charge in [-0.15, -0.1) is 11.3 Å². The Kier molecular flexibility index (Phi) is 5.29. The molecular formula is C17H13F2N3O4S2. The lowest BCUT2D eigenvalue weighted by molar-refractivity contribution is 0.102. The standard InChI is InChI=1S/C17H13F2N3O4S2/c18-10-4-9(5-11(19)6-10)12-2-1-3-15-13(12)7-16(27-15)14(23)8-28(24,25)26-22-17(20)21/h1-7H,8H2,(H4,20,21,22). The van der Waals surface area contributed by atoms with Crippen LogP contribution in [0.5, 0.6) is 0 Å². The number of guanidine groups is 1. The van der Waals surface area contributed by atoms with Gasteiger partial charge in [-0.2, -0.15) is 8.42 Å². The van der Waals surface area contributed by atoms with Crippen molar-refractivity contribution in [3.63, 3.8) is 0 Å². The molecule has 7 nitrogen and oxygen atoms in total. The van der Waals surface area contributed by atoms with Crippen LogP contribution in [0.15, 0.2) is 47.6 Å². The number of rotatable bonds is 6. The van der Waals surface area contributed by atoms with Crippen molar-refractivity contribution in [2.24, 2.45) is 16.6 Å². The van der Waals surface area contributed by atoms with E-state index in [0.717, 1.165) is 17.4 Å². The zero-order valence-electron chi connectivity index (χ0n) is 14.1. The molecule has 0 saturated heterocycles. The zero-order chi connectivity index (χ0) is 20.5. The van der Waals surface area contributed by atoms with Crippen molar-refractivity contribution >= 4 is 43.3 Å². The molecule has 0 unspecified atom stereocenters. The second kappa shape index (κ2) is 7.52. The van der Waals surface area contributed by atoms with Crippen molar-refractivity contribution in [1.29, 1.82) is 0 Å². The van der Waals surface area contributed by atoms with Gasteiger partial charge in [-0.1, -0.05) is 12.1 Å². The van der Waals surface area contributed by atoms with E-state index in [9.17, 15) is 22.0 Å². The van der Waals surface area contributed by atoms with E-state index in [2.05, 4.69) is 9.44 Å². The average Bonchev–Trinajstić information content (AvgIpc) is 3.03. The molecule has 0 aliphatic rings. The van der Waals surface area contributed by atoms with Gasteiger partial charge in [0.25, 0.3) is 0 Å². The highest BCUT2D eigenvalue weighted by Gasteiger charge is 2.22. The fraction of sp³-hybridized carbons (Fsp3) is 0.0588. The Bertz CT molecular complexity index is 1180. The summed E-state index contributed by atoms with van der Waals surface area (Å²) in [6.07, 6.45) is 0. The minimum Gasteiger partial charge on any atom is -0.367 e. The molecule has 28 heavy (non-hydrogen) atoms. The molecule has 11 heteroatoms. The minimum atomic E-state index is -4.32. The number of fused-ring (bicyclic) bond motifs is 1. The number of thiophene rings is 1. The van der Waals surface area contributed by atoms with E-state index in [1.165, 1.54) is 18.2 Å². The first-order valence-electron chi connectivity index (χ1n) is 7.67. The Balaban J connectivity index is 1.97. The Morgan fingerprint density at radius 3 is 2.43 bits per heavy atom. The fourth-order valence-electron chi connectivity index (χ4n) is 2.52. The van der Waals surface area contributed by atoms with Crippen molar-refractivity contribution in [2.75, 3.05) is 5.75 Å². The molecule has 0 bridgehead atoms. The summed E-state index contributed by atoms with van der Waals surface area (Å²) >= 11 is 1.05. The van der Waals surface area contributed by atoms with E-state index in [0.29, 0.717) is 21.2 Å². The number of halogens is 2. The van der Waals surface area contributed by atoms with Gasteiger partial charge in [-0.25, -0.2) is 8.78 Å². The third kappa shape index (κ3) is 4.43. The molecule has 1 aromatic heterocycles. The van der Waals surface area contributed by atoms with Crippen LogP contribution >= 0.6 is 11.3 Å². The molecule has 0 atom stereocenters. The molecule has 0 spiro atoms. The second-order valence-electron chi connectivity index (χ2n) is 5.70. The summed E-state index contributed by atoms with van der Waals surface area (Å²) in [6.45, 7) is 0. The Hall–Kier alpha value is -3.05. The van der Waals surface area contributed by atoms with Crippen LogP contribution in [0.4, 0.5) is 8.78 Å². The van der Waals surface area contributed by atoms with E-state index in [-0.39, 0.29) is 4.88 Å². The maximum Gasteiger partial charge on any atom is 0.336 e. The van der Waals surface area contributed by atoms with Crippen molar-refractivity contribution < 1.29 is 26.3 Å². The van der Waals surface area contributed by atoms with Gasteiger partial charge < -0.3 is 11.5 Å². The average molecular weight is 425 g/mol. The monoisotopic (exact) mass is 425 g/mol. The molecule has 0 saturated carbocycles. The molecule has 0 fully saturated rings. The summed E-state index contributed by atoms with van der Waals surface area (Å²) in [6, 6.07) is 9.60. The Morgan fingerprint density at radius 1 is 1.11 bits per heavy atom. The zero-order valence-corrected chi connectivity index (χ0v) is 15.7. The molecule has 1 heterocycles. The van der Waals surface area contributed by atoms with Gasteiger partial charge in [0.1, 0.15) is 11.6 Å². The summed E-state index contributed by atoms with van der Waals surface area (Å²) in [5.74, 6) is -3.78. The summed E-state index contributed by atoms with van der Waals surface area (Å²) < 4.78 is 55.5. The van der Waals surface area contributed by atoms with Crippen LogP contribution in [-0.2, 0) is 14.4 Å². The molecule has 0 amide bonds. The SMILES string of the molecule is NC(N)=NOS(=O)(=O)CC(=O)c1cc2c(-c3cc(F)cc(F)c3)cccc2s1. The van der Waals surface area contributed by atoms with Crippen molar-refractivity contribution in [3.8, 4) is 11.1 Å². The number of benzene rings is 2. The predicted octanol–water partition coefficient (Wildman–Crippen LogP) is 2.56. The van der Waals surface area contributed by atoms with Gasteiger partial charge in [0, 0.05) is 16.2 Å². The molecule has 2 aromatic carbocycles. The fourth-order valence-corrected chi connectivity index (χ4v) is 4.36. The summed E-state index contributed by atoms with van der Waals surface area (Å²) in [4.78, 5) is 12.5. The lowest BCUT2D eigenvalue weighted by Crippen LogP contribution is -2.24. The third-order valence-corrected chi connectivity index (χ3v) is 5.63. The first-order valence-corrected chi connectivity index (χ1v) is 10.1. The van der Waals surface area contributed by atoms with Crippen LogP contribution in [-0.4, -0.2) is 25.9 Å². The van der Waals surface area contributed by atoms with Gasteiger partial charge in [0.15, 0.2) is 11.5 Å². The van der Waals surface area contributed by atoms with Crippen LogP contribution in [0, 0.1) is 11.6 Å². The number of hydrogen-bond acceptors (Lipinski definition) is 6. The van der Waals surface area contributed by atoms with Crippen LogP contribution in [0.2, 0.25) is 0 Å². The quantitative estimate of drug-likeness (QED) is 0.271. The van der Waals surface area contributed by atoms with E-state index in [1.54, 1.807) is 18.2 Å². The van der Waals surface area contributed by atoms with Gasteiger partial charge in [-0.05, 0) is 40.5 Å². The van der Waals surface area contributed by atoms with Crippen LogP contribution in [0.25, 0.3) is 21.2 Å². The number of ketones is 1. The molecular weight excluding hydrogens is 412 g/mol. The lowest BCUT2D eigenvalue weighted by atomic mass is 10.0. The number of nitrogens with two attached hydrogens (primary N) is 2. The Labute approximate surface area is 162 Å². The van der Waals surface area contributed by atoms with E-state index >= 15 is 0 Å². The number of carbonyl (C=O) groups excluding carboxylic acids is 1. The van der Waals surface area contributed by atoms with Gasteiger partial charge in [-0.3, -0.25) is 9.08 Å². The van der Waals surface area contributed by atoms with Crippen LogP contribution in [0.1, 0.15) is 9.67 Å². The third-order valence-electron chi connectivity index (χ3n) is 3.57. The highest BCUT2D eigenvalue weighted by molar-refractivity contribution is 7.87. The predicted molar refractivity (Wildman–Crippen MR) is 102 cm³/mol. The molecule has 3 aromatic rings. The van der Waals surface area contributed by atoms with E-state index < -0.39 is 39.2 Å². The summed E-state index contributed by atoms with van der Waals surface area (Å²) in [7, 11) is -4.32. The number of carbonyl (C=O) groups is 1. The lowest BCUT2D eigenvalue weighted by Gasteiger charge is -2.04. The molecule has 146 valence electrons. The summed E-state index contributed by atoms with van der Waals surface area (Å²) in [5.41, 5.74) is 10.8. The second-order valence-corrected chi connectivity index (χ2v) is 8.34. The molecule has 0 aliphatic heterocycles. The first-order chi connectivity index (χ1) is 13.1. The first kappa shape index (κ1) is 19.7. The molecule has 4 N–H and O–H groups in total. The number of nitrogens with zero attached hydrogens (tertiary/aromatic N) is 1. The van der Waals surface area contributed by atoms with Gasteiger partial charge in [0.05, 0.1) is 4.88 Å². The number of oxime groups is 1. The van der Waals surface area contributed by atoms with Crippen molar-refractivity contribution in [2.45, 2.75) is 0 Å². The van der Waals surface area contributed by atoms with E-state index in [4.69, 9.17) is 11.5 Å². The highest BCUT2D eigenvalue weighted by Crippen LogP contribution is 2.35. The van der Waals surface area contributed by atoms with Crippen molar-refractivity contribution in [1.82, 2.24) is 0 Å². The largest absolute Gasteiger partial charge is 0.367 e. The maximum absolute atomic E-state index is 13.6. The topological polar surface area (TPSA) is 125 Å². The normalized spacial score (nSPS) is 11.4. The molecule has 0 aliphatic carbocycles. The summed E-state index contributed by atoms with van der Waals surface area (Å²) in [5, 5.41) is 3.48. The molecule has 3 rings (SSSR count). The van der Waals surface area contributed by atoms with Gasteiger partial charge >= 0.3 is 10.1 Å². The maximum atomic E-state index is 13.6. The van der Waals surface area contributed by atoms with E-state index in [1.807, 2.05) is 0 Å². The van der Waals surface area contributed by atoms with Gasteiger partial charge in [0.2, 0.25) is 5.96 Å². The molecule has 0 radical (unpaired) electrons.